The van der Waals surface area contributed by atoms with Gasteiger partial charge in [-0.05, 0) is 30.3 Å². The molecule has 1 N–H and O–H groups in total. The van der Waals surface area contributed by atoms with E-state index in [2.05, 4.69) is 10.3 Å². The Kier molecular flexibility index (Phi) is 6.49. The number of carbonyl (C=O) groups excluding carboxylic acids is 1. The van der Waals surface area contributed by atoms with E-state index >= 15 is 0 Å². The molecule has 0 unspecified atom stereocenters. The molecule has 1 aliphatic rings. The van der Waals surface area contributed by atoms with Gasteiger partial charge in [-0.25, -0.2) is 4.98 Å². The third kappa shape index (κ3) is 5.51. The van der Waals surface area contributed by atoms with Crippen LogP contribution in [0.15, 0.2) is 36.5 Å². The van der Waals surface area contributed by atoms with Crippen LogP contribution in [0.2, 0.25) is 5.02 Å². The van der Waals surface area contributed by atoms with Crippen molar-refractivity contribution in [2.45, 2.75) is 6.18 Å². The van der Waals surface area contributed by atoms with Crippen LogP contribution >= 0.6 is 11.6 Å². The van der Waals surface area contributed by atoms with Gasteiger partial charge in [-0.3, -0.25) is 9.69 Å². The van der Waals surface area contributed by atoms with E-state index in [4.69, 9.17) is 16.3 Å². The molecule has 156 valence electrons. The Balaban J connectivity index is 1.49. The van der Waals surface area contributed by atoms with Crippen molar-refractivity contribution >= 4 is 29.0 Å². The number of pyridine rings is 1. The molecular formula is C19H20ClF3N4O2. The average molecular weight is 429 g/mol. The number of nitrogens with one attached hydrogen (secondary N) is 1. The molecule has 29 heavy (non-hydrogen) atoms. The van der Waals surface area contributed by atoms with Crippen molar-refractivity contribution in [2.75, 3.05) is 50.1 Å². The standard InChI is InChI=1S/C19H20ClF3N4O2/c1-29-16-4-3-14(10-15(16)20)25-18(28)12-26-6-8-27(9-7-26)17-5-2-13(11-24-17)19(21,22)23/h2-5,10-11H,6-9,12H2,1H3,(H,25,28). The van der Waals surface area contributed by atoms with E-state index in [9.17, 15) is 18.0 Å². The van der Waals surface area contributed by atoms with E-state index in [0.717, 1.165) is 12.3 Å². The largest absolute Gasteiger partial charge is 0.495 e. The minimum absolute atomic E-state index is 0.174. The monoisotopic (exact) mass is 428 g/mol. The van der Waals surface area contributed by atoms with Gasteiger partial charge in [0.1, 0.15) is 11.6 Å². The predicted octanol–water partition coefficient (Wildman–Crippen LogP) is 3.52. The molecule has 1 aromatic heterocycles. The highest BCUT2D eigenvalue weighted by molar-refractivity contribution is 6.32. The maximum absolute atomic E-state index is 12.6. The predicted molar refractivity (Wildman–Crippen MR) is 105 cm³/mol. The van der Waals surface area contributed by atoms with Gasteiger partial charge in [-0.1, -0.05) is 11.6 Å². The Hall–Kier alpha value is -2.52. The minimum atomic E-state index is -4.40. The highest BCUT2D eigenvalue weighted by Crippen LogP contribution is 2.29. The summed E-state index contributed by atoms with van der Waals surface area (Å²) in [6, 6.07) is 7.40. The molecule has 0 saturated carbocycles. The first kappa shape index (κ1) is 21.2. The molecule has 0 bridgehead atoms. The van der Waals surface area contributed by atoms with Crippen molar-refractivity contribution in [2.24, 2.45) is 0 Å². The summed E-state index contributed by atoms with van der Waals surface area (Å²) in [5, 5.41) is 3.20. The van der Waals surface area contributed by atoms with Crippen LogP contribution in [0.5, 0.6) is 5.75 Å². The smallest absolute Gasteiger partial charge is 0.417 e. The van der Waals surface area contributed by atoms with Crippen LogP contribution in [0.1, 0.15) is 5.56 Å². The molecule has 2 heterocycles. The lowest BCUT2D eigenvalue weighted by Gasteiger charge is -2.35. The van der Waals surface area contributed by atoms with Gasteiger partial charge in [0, 0.05) is 38.1 Å². The maximum Gasteiger partial charge on any atom is 0.417 e. The summed E-state index contributed by atoms with van der Waals surface area (Å²) in [5.41, 5.74) is -0.191. The number of methoxy groups -OCH3 is 1. The SMILES string of the molecule is COc1ccc(NC(=O)CN2CCN(c3ccc(C(F)(F)F)cn3)CC2)cc1Cl. The normalized spacial score (nSPS) is 15.3. The summed E-state index contributed by atoms with van der Waals surface area (Å²) in [5.74, 6) is 0.847. The van der Waals surface area contributed by atoms with Gasteiger partial charge >= 0.3 is 6.18 Å². The fourth-order valence-corrected chi connectivity index (χ4v) is 3.28. The van der Waals surface area contributed by atoms with Gasteiger partial charge in [0.25, 0.3) is 0 Å². The summed E-state index contributed by atoms with van der Waals surface area (Å²) in [6.07, 6.45) is -3.55. The molecule has 3 rings (SSSR count). The number of aromatic nitrogens is 1. The van der Waals surface area contributed by atoms with Gasteiger partial charge in [0.15, 0.2) is 0 Å². The first-order chi connectivity index (χ1) is 13.8. The van der Waals surface area contributed by atoms with Crippen molar-refractivity contribution in [1.82, 2.24) is 9.88 Å². The molecule has 2 aromatic rings. The number of anilines is 2. The number of rotatable bonds is 5. The second-order valence-corrected chi connectivity index (χ2v) is 6.97. The molecule has 1 aliphatic heterocycles. The van der Waals surface area contributed by atoms with Crippen molar-refractivity contribution in [3.63, 3.8) is 0 Å². The molecule has 1 amide bonds. The van der Waals surface area contributed by atoms with Gasteiger partial charge < -0.3 is 15.0 Å². The fourth-order valence-electron chi connectivity index (χ4n) is 3.02. The molecule has 10 heteroatoms. The molecule has 1 aromatic carbocycles. The average Bonchev–Trinajstić information content (AvgIpc) is 2.68. The van der Waals surface area contributed by atoms with E-state index < -0.39 is 11.7 Å². The summed E-state index contributed by atoms with van der Waals surface area (Å²) in [4.78, 5) is 20.1. The lowest BCUT2D eigenvalue weighted by Crippen LogP contribution is -2.48. The molecule has 0 radical (unpaired) electrons. The number of piperazine rings is 1. The lowest BCUT2D eigenvalue weighted by molar-refractivity contribution is -0.137. The van der Waals surface area contributed by atoms with E-state index in [-0.39, 0.29) is 12.5 Å². The summed E-state index contributed by atoms with van der Waals surface area (Å²) < 4.78 is 43.0. The highest BCUT2D eigenvalue weighted by atomic mass is 35.5. The summed E-state index contributed by atoms with van der Waals surface area (Å²) >= 11 is 6.05. The number of benzene rings is 1. The Morgan fingerprint density at radius 3 is 2.48 bits per heavy atom. The van der Waals surface area contributed by atoms with Crippen molar-refractivity contribution in [3.8, 4) is 5.75 Å². The number of carbonyl (C=O) groups is 1. The van der Waals surface area contributed by atoms with Crippen LogP contribution in [0.3, 0.4) is 0 Å². The Morgan fingerprint density at radius 1 is 1.21 bits per heavy atom. The number of hydrogen-bond donors (Lipinski definition) is 1. The first-order valence-electron chi connectivity index (χ1n) is 8.90. The van der Waals surface area contributed by atoms with Gasteiger partial charge in [-0.15, -0.1) is 0 Å². The lowest BCUT2D eigenvalue weighted by atomic mass is 10.2. The molecule has 1 fully saturated rings. The van der Waals surface area contributed by atoms with E-state index in [1.807, 2.05) is 9.80 Å². The van der Waals surface area contributed by atoms with Gasteiger partial charge in [-0.2, -0.15) is 13.2 Å². The topological polar surface area (TPSA) is 57.7 Å². The van der Waals surface area contributed by atoms with Crippen molar-refractivity contribution < 1.29 is 22.7 Å². The van der Waals surface area contributed by atoms with Crippen LogP contribution in [-0.2, 0) is 11.0 Å². The Morgan fingerprint density at radius 2 is 1.93 bits per heavy atom. The van der Waals surface area contributed by atoms with Gasteiger partial charge in [0.05, 0.1) is 24.2 Å². The number of ether oxygens (including phenoxy) is 1. The highest BCUT2D eigenvalue weighted by Gasteiger charge is 2.31. The Bertz CT molecular complexity index is 854. The number of halogens is 4. The zero-order valence-corrected chi connectivity index (χ0v) is 16.4. The number of alkyl halides is 3. The van der Waals surface area contributed by atoms with Crippen LogP contribution in [0.25, 0.3) is 0 Å². The third-order valence-corrected chi connectivity index (χ3v) is 4.87. The van der Waals surface area contributed by atoms with Crippen LogP contribution in [0, 0.1) is 0 Å². The van der Waals surface area contributed by atoms with Crippen molar-refractivity contribution in [1.29, 1.82) is 0 Å². The number of nitrogens with zero attached hydrogens (tertiary/aromatic N) is 3. The fraction of sp³-hybridized carbons (Fsp3) is 0.368. The van der Waals surface area contributed by atoms with E-state index in [1.165, 1.54) is 13.2 Å². The zero-order chi connectivity index (χ0) is 21.0. The maximum atomic E-state index is 12.6. The first-order valence-corrected chi connectivity index (χ1v) is 9.28. The molecule has 6 nitrogen and oxygen atoms in total. The molecule has 0 atom stereocenters. The molecule has 0 aliphatic carbocycles. The zero-order valence-electron chi connectivity index (χ0n) is 15.7. The molecule has 1 saturated heterocycles. The quantitative estimate of drug-likeness (QED) is 0.789. The summed E-state index contributed by atoms with van der Waals surface area (Å²) in [6.45, 7) is 2.54. The summed E-state index contributed by atoms with van der Waals surface area (Å²) in [7, 11) is 1.51. The number of amides is 1. The second-order valence-electron chi connectivity index (χ2n) is 6.56. The van der Waals surface area contributed by atoms with Gasteiger partial charge in [0.2, 0.25) is 5.91 Å². The Labute approximate surface area is 171 Å². The van der Waals surface area contributed by atoms with E-state index in [1.54, 1.807) is 18.2 Å². The van der Waals surface area contributed by atoms with Crippen LogP contribution in [-0.4, -0.2) is 55.6 Å². The van der Waals surface area contributed by atoms with Crippen LogP contribution in [0.4, 0.5) is 24.7 Å². The molecular weight excluding hydrogens is 409 g/mol. The minimum Gasteiger partial charge on any atom is -0.495 e. The van der Waals surface area contributed by atoms with Crippen molar-refractivity contribution in [3.05, 3.63) is 47.1 Å². The van der Waals surface area contributed by atoms with Crippen LogP contribution < -0.4 is 15.0 Å². The second kappa shape index (κ2) is 8.87. The van der Waals surface area contributed by atoms with E-state index in [0.29, 0.717) is 48.5 Å². The molecule has 0 spiro atoms. The third-order valence-electron chi connectivity index (χ3n) is 4.57. The number of hydrogen-bond acceptors (Lipinski definition) is 5.